The van der Waals surface area contributed by atoms with Crippen LogP contribution in [0.1, 0.15) is 30.0 Å². The lowest BCUT2D eigenvalue weighted by molar-refractivity contribution is 0.0853. The highest BCUT2D eigenvalue weighted by Gasteiger charge is 2.16. The van der Waals surface area contributed by atoms with E-state index < -0.39 is 0 Å². The molecule has 0 radical (unpaired) electrons. The van der Waals surface area contributed by atoms with Gasteiger partial charge in [0.1, 0.15) is 0 Å². The maximum atomic E-state index is 5.83. The van der Waals surface area contributed by atoms with Crippen LogP contribution < -0.4 is 5.73 Å². The third-order valence-electron chi connectivity index (χ3n) is 2.84. The molecular formula is C11H16N2O. The Labute approximate surface area is 84.3 Å². The lowest BCUT2D eigenvalue weighted by atomic mass is 9.92. The van der Waals surface area contributed by atoms with Gasteiger partial charge in [-0.05, 0) is 37.3 Å². The first-order valence-electron chi connectivity index (χ1n) is 5.07. The Morgan fingerprint density at radius 1 is 1.43 bits per heavy atom. The molecule has 3 heteroatoms. The molecule has 1 aromatic heterocycles. The molecule has 1 fully saturated rings. The molecule has 14 heavy (non-hydrogen) atoms. The van der Waals surface area contributed by atoms with E-state index in [4.69, 9.17) is 10.5 Å². The van der Waals surface area contributed by atoms with Crippen molar-refractivity contribution in [3.63, 3.8) is 0 Å². The van der Waals surface area contributed by atoms with Crippen molar-refractivity contribution in [3.8, 4) is 0 Å². The molecule has 1 saturated heterocycles. The summed E-state index contributed by atoms with van der Waals surface area (Å²) in [7, 11) is 0. The van der Waals surface area contributed by atoms with E-state index in [9.17, 15) is 0 Å². The molecule has 2 heterocycles. The van der Waals surface area contributed by atoms with E-state index in [1.807, 2.05) is 13.1 Å². The zero-order valence-corrected chi connectivity index (χ0v) is 8.49. The molecule has 0 unspecified atom stereocenters. The SMILES string of the molecule is Cc1ncc(C2CCOCC2)cc1N. The average Bonchev–Trinajstić information content (AvgIpc) is 2.23. The number of nitrogens with zero attached hydrogens (tertiary/aromatic N) is 1. The van der Waals surface area contributed by atoms with E-state index in [2.05, 4.69) is 11.1 Å². The third-order valence-corrected chi connectivity index (χ3v) is 2.84. The molecule has 0 atom stereocenters. The Kier molecular flexibility index (Phi) is 2.68. The van der Waals surface area contributed by atoms with Gasteiger partial charge in [0.25, 0.3) is 0 Å². The van der Waals surface area contributed by atoms with Crippen LogP contribution in [0.2, 0.25) is 0 Å². The smallest absolute Gasteiger partial charge is 0.0601 e. The van der Waals surface area contributed by atoms with E-state index in [-0.39, 0.29) is 0 Å². The number of rotatable bonds is 1. The molecule has 1 aromatic rings. The van der Waals surface area contributed by atoms with Gasteiger partial charge in [-0.3, -0.25) is 4.98 Å². The van der Waals surface area contributed by atoms with Crippen LogP contribution in [0.4, 0.5) is 5.69 Å². The lowest BCUT2D eigenvalue weighted by Crippen LogP contribution is -2.14. The van der Waals surface area contributed by atoms with Crippen LogP contribution >= 0.6 is 0 Å². The number of hydrogen-bond acceptors (Lipinski definition) is 3. The molecule has 2 N–H and O–H groups in total. The zero-order chi connectivity index (χ0) is 9.97. The number of aryl methyl sites for hydroxylation is 1. The van der Waals surface area contributed by atoms with Gasteiger partial charge in [-0.1, -0.05) is 0 Å². The molecular weight excluding hydrogens is 176 g/mol. The minimum Gasteiger partial charge on any atom is -0.397 e. The molecule has 1 aliphatic rings. The standard InChI is InChI=1S/C11H16N2O/c1-8-11(12)6-10(7-13-8)9-2-4-14-5-3-9/h6-7,9H,2-5,12H2,1H3. The second kappa shape index (κ2) is 3.96. The van der Waals surface area contributed by atoms with E-state index in [0.29, 0.717) is 5.92 Å². The fraction of sp³-hybridized carbons (Fsp3) is 0.545. The monoisotopic (exact) mass is 192 g/mol. The summed E-state index contributed by atoms with van der Waals surface area (Å²) in [6, 6.07) is 2.05. The molecule has 1 aliphatic heterocycles. The Bertz CT molecular complexity index is 319. The zero-order valence-electron chi connectivity index (χ0n) is 8.49. The van der Waals surface area contributed by atoms with Gasteiger partial charge in [0, 0.05) is 19.4 Å². The summed E-state index contributed by atoms with van der Waals surface area (Å²) in [5, 5.41) is 0. The summed E-state index contributed by atoms with van der Waals surface area (Å²) in [6.07, 6.45) is 4.12. The van der Waals surface area contributed by atoms with Gasteiger partial charge >= 0.3 is 0 Å². The van der Waals surface area contributed by atoms with Crippen molar-refractivity contribution in [1.82, 2.24) is 4.98 Å². The van der Waals surface area contributed by atoms with Crippen molar-refractivity contribution >= 4 is 5.69 Å². The predicted octanol–water partition coefficient (Wildman–Crippen LogP) is 1.87. The van der Waals surface area contributed by atoms with Crippen molar-refractivity contribution in [2.45, 2.75) is 25.7 Å². The highest BCUT2D eigenvalue weighted by atomic mass is 16.5. The number of ether oxygens (including phenoxy) is 1. The quantitative estimate of drug-likeness (QED) is 0.739. The van der Waals surface area contributed by atoms with Crippen molar-refractivity contribution in [3.05, 3.63) is 23.5 Å². The number of nitrogens with two attached hydrogens (primary N) is 1. The number of anilines is 1. The van der Waals surface area contributed by atoms with Gasteiger partial charge < -0.3 is 10.5 Å². The lowest BCUT2D eigenvalue weighted by Gasteiger charge is -2.22. The Morgan fingerprint density at radius 3 is 2.79 bits per heavy atom. The first-order valence-corrected chi connectivity index (χ1v) is 5.07. The van der Waals surface area contributed by atoms with Gasteiger partial charge in [0.05, 0.1) is 11.4 Å². The number of aromatic nitrogens is 1. The molecule has 0 aliphatic carbocycles. The molecule has 0 bridgehead atoms. The second-order valence-corrected chi connectivity index (χ2v) is 3.83. The van der Waals surface area contributed by atoms with Crippen LogP contribution in [-0.2, 0) is 4.74 Å². The summed E-state index contributed by atoms with van der Waals surface area (Å²) in [5.41, 5.74) is 8.81. The Balaban J connectivity index is 2.18. The van der Waals surface area contributed by atoms with Crippen molar-refractivity contribution in [2.75, 3.05) is 18.9 Å². The van der Waals surface area contributed by atoms with E-state index in [1.54, 1.807) is 0 Å². The second-order valence-electron chi connectivity index (χ2n) is 3.83. The van der Waals surface area contributed by atoms with Gasteiger partial charge in [-0.25, -0.2) is 0 Å². The Morgan fingerprint density at radius 2 is 2.14 bits per heavy atom. The van der Waals surface area contributed by atoms with Gasteiger partial charge in [-0.2, -0.15) is 0 Å². The predicted molar refractivity (Wildman–Crippen MR) is 56.2 cm³/mol. The van der Waals surface area contributed by atoms with Crippen molar-refractivity contribution < 1.29 is 4.74 Å². The third kappa shape index (κ3) is 1.87. The van der Waals surface area contributed by atoms with Gasteiger partial charge in [-0.15, -0.1) is 0 Å². The van der Waals surface area contributed by atoms with Crippen LogP contribution in [0.5, 0.6) is 0 Å². The largest absolute Gasteiger partial charge is 0.397 e. The first-order chi connectivity index (χ1) is 6.77. The van der Waals surface area contributed by atoms with Crippen molar-refractivity contribution in [1.29, 1.82) is 0 Å². The van der Waals surface area contributed by atoms with Crippen LogP contribution in [0, 0.1) is 6.92 Å². The summed E-state index contributed by atoms with van der Waals surface area (Å²) >= 11 is 0. The summed E-state index contributed by atoms with van der Waals surface area (Å²) in [6.45, 7) is 3.65. The highest BCUT2D eigenvalue weighted by molar-refractivity contribution is 5.44. The Hall–Kier alpha value is -1.09. The first kappa shape index (κ1) is 9.46. The maximum absolute atomic E-state index is 5.83. The summed E-state index contributed by atoms with van der Waals surface area (Å²) in [4.78, 5) is 4.29. The molecule has 3 nitrogen and oxygen atoms in total. The van der Waals surface area contributed by atoms with Crippen LogP contribution in [0.25, 0.3) is 0 Å². The van der Waals surface area contributed by atoms with Crippen LogP contribution in [-0.4, -0.2) is 18.2 Å². The number of nitrogen functional groups attached to an aromatic ring is 1. The maximum Gasteiger partial charge on any atom is 0.0601 e. The molecule has 0 amide bonds. The molecule has 0 spiro atoms. The summed E-state index contributed by atoms with van der Waals surface area (Å²) < 4.78 is 5.32. The topological polar surface area (TPSA) is 48.1 Å². The minimum atomic E-state index is 0.583. The van der Waals surface area contributed by atoms with E-state index in [0.717, 1.165) is 37.4 Å². The molecule has 76 valence electrons. The van der Waals surface area contributed by atoms with Gasteiger partial charge in [0.2, 0.25) is 0 Å². The van der Waals surface area contributed by atoms with Crippen molar-refractivity contribution in [2.24, 2.45) is 0 Å². The highest BCUT2D eigenvalue weighted by Crippen LogP contribution is 2.27. The van der Waals surface area contributed by atoms with Gasteiger partial charge in [0.15, 0.2) is 0 Å². The fourth-order valence-corrected chi connectivity index (χ4v) is 1.82. The van der Waals surface area contributed by atoms with E-state index in [1.165, 1.54) is 5.56 Å². The normalized spacial score (nSPS) is 18.4. The van der Waals surface area contributed by atoms with Crippen LogP contribution in [0.15, 0.2) is 12.3 Å². The van der Waals surface area contributed by atoms with E-state index >= 15 is 0 Å². The fourth-order valence-electron chi connectivity index (χ4n) is 1.82. The molecule has 0 saturated carbocycles. The average molecular weight is 192 g/mol. The molecule has 2 rings (SSSR count). The number of hydrogen-bond donors (Lipinski definition) is 1. The summed E-state index contributed by atoms with van der Waals surface area (Å²) in [5.74, 6) is 0.583. The number of pyridine rings is 1. The minimum absolute atomic E-state index is 0.583. The molecule has 0 aromatic carbocycles. The van der Waals surface area contributed by atoms with Crippen LogP contribution in [0.3, 0.4) is 0 Å².